The Hall–Kier alpha value is -1.64. The van der Waals surface area contributed by atoms with Crippen molar-refractivity contribution in [2.45, 2.75) is 19.4 Å². The second-order valence-electron chi connectivity index (χ2n) is 5.03. The molecule has 0 saturated carbocycles. The Morgan fingerprint density at radius 3 is 2.85 bits per heavy atom. The molecule has 3 rings (SSSR count). The minimum atomic E-state index is -0.515. The van der Waals surface area contributed by atoms with Crippen LogP contribution in [0, 0.1) is 6.92 Å². The third-order valence-electron chi connectivity index (χ3n) is 3.69. The summed E-state index contributed by atoms with van der Waals surface area (Å²) < 4.78 is 5.70. The molecule has 2 nitrogen and oxygen atoms in total. The molecule has 1 aliphatic rings. The van der Waals surface area contributed by atoms with Crippen LogP contribution in [0.25, 0.3) is 0 Å². The van der Waals surface area contributed by atoms with Crippen LogP contribution in [0.15, 0.2) is 42.5 Å². The first kappa shape index (κ1) is 13.3. The fourth-order valence-electron chi connectivity index (χ4n) is 2.51. The topological polar surface area (TPSA) is 26.3 Å². The highest BCUT2D eigenvalue weighted by Gasteiger charge is 2.28. The van der Waals surface area contributed by atoms with Gasteiger partial charge in [0.25, 0.3) is 0 Å². The summed E-state index contributed by atoms with van der Waals surface area (Å²) >= 11 is 6.10. The molecule has 0 bridgehead atoms. The van der Waals surface area contributed by atoms with Crippen LogP contribution in [0.2, 0.25) is 5.02 Å². The van der Waals surface area contributed by atoms with E-state index in [2.05, 4.69) is 6.07 Å². The van der Waals surface area contributed by atoms with Crippen molar-refractivity contribution >= 4 is 17.4 Å². The van der Waals surface area contributed by atoms with E-state index in [1.54, 1.807) is 6.07 Å². The maximum absolute atomic E-state index is 12.6. The lowest BCUT2D eigenvalue weighted by Crippen LogP contribution is -2.23. The number of ether oxygens (including phenoxy) is 1. The third kappa shape index (κ3) is 2.37. The number of hydrogen-bond acceptors (Lipinski definition) is 2. The van der Waals surface area contributed by atoms with Gasteiger partial charge in [-0.1, -0.05) is 48.0 Å². The lowest BCUT2D eigenvalue weighted by atomic mass is 9.92. The van der Waals surface area contributed by atoms with Crippen LogP contribution < -0.4 is 0 Å². The van der Waals surface area contributed by atoms with Crippen molar-refractivity contribution in [3.63, 3.8) is 0 Å². The van der Waals surface area contributed by atoms with Gasteiger partial charge >= 0.3 is 0 Å². The highest BCUT2D eigenvalue weighted by atomic mass is 35.5. The monoisotopic (exact) mass is 286 g/mol. The van der Waals surface area contributed by atoms with Gasteiger partial charge in [0, 0.05) is 10.6 Å². The van der Waals surface area contributed by atoms with Gasteiger partial charge in [-0.2, -0.15) is 0 Å². The molecule has 0 radical (unpaired) electrons. The van der Waals surface area contributed by atoms with Crippen molar-refractivity contribution in [3.05, 3.63) is 69.7 Å². The number of ketones is 1. The minimum absolute atomic E-state index is 0.0287. The summed E-state index contributed by atoms with van der Waals surface area (Å²) in [7, 11) is 0. The Labute approximate surface area is 123 Å². The predicted octanol–water partition coefficient (Wildman–Crippen LogP) is 4.15. The number of carbonyl (C=O) groups excluding carboxylic acids is 1. The van der Waals surface area contributed by atoms with Crippen molar-refractivity contribution in [3.8, 4) is 0 Å². The molecule has 20 heavy (non-hydrogen) atoms. The Bertz CT molecular complexity index is 664. The zero-order valence-corrected chi connectivity index (χ0v) is 12.0. The average molecular weight is 287 g/mol. The standard InChI is InChI=1S/C17H15ClO2/c1-11-6-7-13(10-15(11)18)16(19)17-14-5-3-2-4-12(14)8-9-20-17/h2-7,10,17H,8-9H2,1H3. The maximum atomic E-state index is 12.6. The molecule has 0 N–H and O–H groups in total. The van der Waals surface area contributed by atoms with E-state index < -0.39 is 6.10 Å². The van der Waals surface area contributed by atoms with Crippen molar-refractivity contribution in [2.75, 3.05) is 6.61 Å². The van der Waals surface area contributed by atoms with E-state index in [9.17, 15) is 4.79 Å². The van der Waals surface area contributed by atoms with Crippen LogP contribution in [0.5, 0.6) is 0 Å². The lowest BCUT2D eigenvalue weighted by molar-refractivity contribution is 0.0349. The Morgan fingerprint density at radius 1 is 1.25 bits per heavy atom. The average Bonchev–Trinajstić information content (AvgIpc) is 2.49. The Kier molecular flexibility index (Phi) is 3.60. The molecule has 1 unspecified atom stereocenters. The molecule has 0 aromatic heterocycles. The van der Waals surface area contributed by atoms with E-state index in [0.717, 1.165) is 17.5 Å². The van der Waals surface area contributed by atoms with Crippen molar-refractivity contribution in [2.24, 2.45) is 0 Å². The Balaban J connectivity index is 1.97. The van der Waals surface area contributed by atoms with E-state index in [1.807, 2.05) is 37.3 Å². The number of benzene rings is 2. The highest BCUT2D eigenvalue weighted by molar-refractivity contribution is 6.31. The summed E-state index contributed by atoms with van der Waals surface area (Å²) in [6, 6.07) is 13.4. The number of halogens is 1. The zero-order valence-electron chi connectivity index (χ0n) is 11.2. The predicted molar refractivity (Wildman–Crippen MR) is 79.4 cm³/mol. The fourth-order valence-corrected chi connectivity index (χ4v) is 2.69. The second kappa shape index (κ2) is 5.39. The molecule has 0 saturated heterocycles. The van der Waals surface area contributed by atoms with Gasteiger partial charge in [-0.3, -0.25) is 4.79 Å². The number of aryl methyl sites for hydroxylation is 1. The Morgan fingerprint density at radius 2 is 2.05 bits per heavy atom. The van der Waals surface area contributed by atoms with Crippen LogP contribution in [0.1, 0.15) is 33.2 Å². The molecular formula is C17H15ClO2. The minimum Gasteiger partial charge on any atom is -0.365 e. The van der Waals surface area contributed by atoms with Gasteiger partial charge in [0.15, 0.2) is 5.78 Å². The van der Waals surface area contributed by atoms with Gasteiger partial charge in [-0.15, -0.1) is 0 Å². The van der Waals surface area contributed by atoms with Crippen LogP contribution in [0.3, 0.4) is 0 Å². The van der Waals surface area contributed by atoms with Crippen molar-refractivity contribution < 1.29 is 9.53 Å². The molecule has 2 aromatic rings. The van der Waals surface area contributed by atoms with Crippen LogP contribution in [-0.4, -0.2) is 12.4 Å². The summed E-state index contributed by atoms with van der Waals surface area (Å²) in [5.74, 6) is -0.0287. The normalized spacial score (nSPS) is 17.6. The van der Waals surface area contributed by atoms with E-state index >= 15 is 0 Å². The van der Waals surface area contributed by atoms with Gasteiger partial charge in [-0.05, 0) is 36.1 Å². The smallest absolute Gasteiger partial charge is 0.196 e. The first-order valence-electron chi connectivity index (χ1n) is 6.66. The molecule has 0 spiro atoms. The largest absolute Gasteiger partial charge is 0.365 e. The van der Waals surface area contributed by atoms with Gasteiger partial charge in [-0.25, -0.2) is 0 Å². The summed E-state index contributed by atoms with van der Waals surface area (Å²) in [5, 5.41) is 0.611. The van der Waals surface area contributed by atoms with E-state index in [1.165, 1.54) is 5.56 Å². The number of fused-ring (bicyclic) bond motifs is 1. The molecule has 1 atom stereocenters. The highest BCUT2D eigenvalue weighted by Crippen LogP contribution is 2.30. The molecule has 3 heteroatoms. The quantitative estimate of drug-likeness (QED) is 0.776. The first-order chi connectivity index (χ1) is 9.66. The van der Waals surface area contributed by atoms with Crippen LogP contribution in [0.4, 0.5) is 0 Å². The maximum Gasteiger partial charge on any atom is 0.196 e. The SMILES string of the molecule is Cc1ccc(C(=O)C2OCCc3ccccc32)cc1Cl. The van der Waals surface area contributed by atoms with Gasteiger partial charge < -0.3 is 4.74 Å². The fraction of sp³-hybridized carbons (Fsp3) is 0.235. The molecule has 1 aliphatic heterocycles. The summed E-state index contributed by atoms with van der Waals surface area (Å²) in [5.41, 5.74) is 3.73. The lowest BCUT2D eigenvalue weighted by Gasteiger charge is -2.25. The van der Waals surface area contributed by atoms with Crippen molar-refractivity contribution in [1.29, 1.82) is 0 Å². The molecule has 1 heterocycles. The summed E-state index contributed by atoms with van der Waals surface area (Å²) in [6.45, 7) is 2.50. The first-order valence-corrected chi connectivity index (χ1v) is 7.04. The number of carbonyl (C=O) groups is 1. The molecule has 2 aromatic carbocycles. The molecule has 0 amide bonds. The summed E-state index contributed by atoms with van der Waals surface area (Å²) in [6.07, 6.45) is 0.341. The zero-order chi connectivity index (χ0) is 14.1. The van der Waals surface area contributed by atoms with E-state index in [-0.39, 0.29) is 5.78 Å². The number of hydrogen-bond donors (Lipinski definition) is 0. The molecule has 0 aliphatic carbocycles. The summed E-state index contributed by atoms with van der Waals surface area (Å²) in [4.78, 5) is 12.6. The van der Waals surface area contributed by atoms with Gasteiger partial charge in [0.2, 0.25) is 0 Å². The molecule has 0 fully saturated rings. The third-order valence-corrected chi connectivity index (χ3v) is 4.10. The molecule has 102 valence electrons. The second-order valence-corrected chi connectivity index (χ2v) is 5.44. The van der Waals surface area contributed by atoms with Crippen LogP contribution in [-0.2, 0) is 11.2 Å². The number of rotatable bonds is 2. The number of Topliss-reactive ketones (excluding diaryl/α,β-unsaturated/α-hetero) is 1. The van der Waals surface area contributed by atoms with Crippen LogP contribution >= 0.6 is 11.6 Å². The van der Waals surface area contributed by atoms with E-state index in [4.69, 9.17) is 16.3 Å². The van der Waals surface area contributed by atoms with E-state index in [0.29, 0.717) is 17.2 Å². The van der Waals surface area contributed by atoms with Gasteiger partial charge in [0.1, 0.15) is 6.10 Å². The molecular weight excluding hydrogens is 272 g/mol. The van der Waals surface area contributed by atoms with Crippen molar-refractivity contribution in [1.82, 2.24) is 0 Å². The van der Waals surface area contributed by atoms with Gasteiger partial charge in [0.05, 0.1) is 6.61 Å².